The minimum atomic E-state index is -4.54. The number of rotatable bonds is 3. The van der Waals surface area contributed by atoms with E-state index >= 15 is 0 Å². The van der Waals surface area contributed by atoms with Gasteiger partial charge in [0.25, 0.3) is 0 Å². The third-order valence-electron chi connectivity index (χ3n) is 3.85. The van der Waals surface area contributed by atoms with E-state index in [4.69, 9.17) is 10.5 Å². The van der Waals surface area contributed by atoms with Crippen molar-refractivity contribution >= 4 is 11.4 Å². The summed E-state index contributed by atoms with van der Waals surface area (Å²) in [6.07, 6.45) is -2.82. The van der Waals surface area contributed by atoms with Crippen molar-refractivity contribution in [3.8, 4) is 11.5 Å². The van der Waals surface area contributed by atoms with Gasteiger partial charge in [-0.2, -0.15) is 13.2 Å². The van der Waals surface area contributed by atoms with Crippen molar-refractivity contribution in [2.24, 2.45) is 0 Å². The van der Waals surface area contributed by atoms with Crippen LogP contribution in [0.25, 0.3) is 0 Å². The third-order valence-corrected chi connectivity index (χ3v) is 3.85. The molecule has 1 saturated heterocycles. The fourth-order valence-corrected chi connectivity index (χ4v) is 2.84. The van der Waals surface area contributed by atoms with E-state index in [1.54, 1.807) is 35.2 Å². The summed E-state index contributed by atoms with van der Waals surface area (Å²) in [5.74, 6) is 0.134. The predicted octanol–water partition coefficient (Wildman–Crippen LogP) is 4.68. The number of anilines is 2. The number of benzene rings is 2. The van der Waals surface area contributed by atoms with E-state index in [0.717, 1.165) is 12.8 Å². The predicted molar refractivity (Wildman–Crippen MR) is 83.8 cm³/mol. The minimum Gasteiger partial charge on any atom is -0.457 e. The summed E-state index contributed by atoms with van der Waals surface area (Å²) in [5.41, 5.74) is 5.22. The Hall–Kier alpha value is -2.37. The van der Waals surface area contributed by atoms with Crippen LogP contribution >= 0.6 is 0 Å². The quantitative estimate of drug-likeness (QED) is 0.834. The second kappa shape index (κ2) is 6.02. The molecule has 0 atom stereocenters. The molecule has 3 nitrogen and oxygen atoms in total. The van der Waals surface area contributed by atoms with Crippen molar-refractivity contribution in [2.75, 3.05) is 23.7 Å². The van der Waals surface area contributed by atoms with E-state index in [-0.39, 0.29) is 17.1 Å². The van der Waals surface area contributed by atoms with E-state index in [0.29, 0.717) is 18.8 Å². The molecule has 0 radical (unpaired) electrons. The number of alkyl halides is 3. The van der Waals surface area contributed by atoms with Crippen LogP contribution in [-0.4, -0.2) is 13.1 Å². The average Bonchev–Trinajstić information content (AvgIpc) is 3.02. The molecule has 2 aromatic rings. The van der Waals surface area contributed by atoms with Crippen LogP contribution in [0.1, 0.15) is 18.4 Å². The van der Waals surface area contributed by atoms with Crippen LogP contribution in [0, 0.1) is 0 Å². The topological polar surface area (TPSA) is 38.5 Å². The van der Waals surface area contributed by atoms with Gasteiger partial charge in [-0.3, -0.25) is 0 Å². The number of ether oxygens (including phenoxy) is 1. The van der Waals surface area contributed by atoms with Crippen LogP contribution in [0.15, 0.2) is 42.5 Å². The molecule has 6 heteroatoms. The molecule has 1 aliphatic heterocycles. The molecule has 0 bridgehead atoms. The molecule has 1 fully saturated rings. The normalized spacial score (nSPS) is 15.0. The first kappa shape index (κ1) is 15.5. The number of nitrogens with two attached hydrogens (primary N) is 1. The van der Waals surface area contributed by atoms with Crippen LogP contribution in [-0.2, 0) is 6.18 Å². The molecule has 122 valence electrons. The molecule has 0 amide bonds. The van der Waals surface area contributed by atoms with Gasteiger partial charge >= 0.3 is 6.18 Å². The van der Waals surface area contributed by atoms with Gasteiger partial charge in [0.2, 0.25) is 0 Å². The van der Waals surface area contributed by atoms with Gasteiger partial charge in [-0.25, -0.2) is 0 Å². The Morgan fingerprint density at radius 1 is 0.957 bits per heavy atom. The van der Waals surface area contributed by atoms with Gasteiger partial charge < -0.3 is 15.4 Å². The highest BCUT2D eigenvalue weighted by Gasteiger charge is 2.40. The molecule has 1 aliphatic rings. The Kier molecular flexibility index (Phi) is 4.07. The lowest BCUT2D eigenvalue weighted by Gasteiger charge is -2.26. The van der Waals surface area contributed by atoms with Crippen LogP contribution in [0.5, 0.6) is 11.5 Å². The van der Waals surface area contributed by atoms with E-state index < -0.39 is 11.7 Å². The smallest absolute Gasteiger partial charge is 0.422 e. The summed E-state index contributed by atoms with van der Waals surface area (Å²) in [6.45, 7) is 1.14. The zero-order valence-electron chi connectivity index (χ0n) is 12.4. The van der Waals surface area contributed by atoms with Gasteiger partial charge in [0.15, 0.2) is 0 Å². The summed E-state index contributed by atoms with van der Waals surface area (Å²) in [6, 6.07) is 11.2. The SMILES string of the molecule is Nc1ccc(Oc2ccccc2)c(C(F)(F)F)c1N1CCCC1. The Morgan fingerprint density at radius 2 is 1.61 bits per heavy atom. The van der Waals surface area contributed by atoms with Crippen LogP contribution in [0.3, 0.4) is 0 Å². The first-order valence-electron chi connectivity index (χ1n) is 7.44. The van der Waals surface area contributed by atoms with Crippen molar-refractivity contribution in [1.29, 1.82) is 0 Å². The highest BCUT2D eigenvalue weighted by atomic mass is 19.4. The Balaban J connectivity index is 2.10. The van der Waals surface area contributed by atoms with Gasteiger partial charge in [0, 0.05) is 13.1 Å². The van der Waals surface area contributed by atoms with Crippen molar-refractivity contribution in [2.45, 2.75) is 19.0 Å². The number of hydrogen-bond donors (Lipinski definition) is 1. The Bertz CT molecular complexity index is 680. The van der Waals surface area contributed by atoms with Crippen LogP contribution in [0.4, 0.5) is 24.5 Å². The summed E-state index contributed by atoms with van der Waals surface area (Å²) < 4.78 is 46.5. The van der Waals surface area contributed by atoms with Gasteiger partial charge in [0.1, 0.15) is 17.1 Å². The van der Waals surface area contributed by atoms with Gasteiger partial charge in [-0.05, 0) is 37.1 Å². The summed E-state index contributed by atoms with van der Waals surface area (Å²) in [4.78, 5) is 1.69. The van der Waals surface area contributed by atoms with E-state index in [2.05, 4.69) is 0 Å². The first-order chi connectivity index (χ1) is 11.0. The highest BCUT2D eigenvalue weighted by Crippen LogP contribution is 2.47. The second-order valence-electron chi connectivity index (χ2n) is 5.48. The lowest BCUT2D eigenvalue weighted by molar-refractivity contribution is -0.138. The number of nitrogen functional groups attached to an aromatic ring is 1. The first-order valence-corrected chi connectivity index (χ1v) is 7.44. The molecule has 3 rings (SSSR count). The molecule has 0 aliphatic carbocycles. The fraction of sp³-hybridized carbons (Fsp3) is 0.294. The standard InChI is InChI=1S/C17H17F3N2O/c18-17(19,20)15-14(23-12-6-2-1-3-7-12)9-8-13(21)16(15)22-10-4-5-11-22/h1-3,6-9H,4-5,10-11,21H2. The van der Waals surface area contributed by atoms with Crippen LogP contribution < -0.4 is 15.4 Å². The maximum atomic E-state index is 13.7. The number of halogens is 3. The van der Waals surface area contributed by atoms with Crippen molar-refractivity contribution in [3.05, 3.63) is 48.0 Å². The summed E-state index contributed by atoms with van der Waals surface area (Å²) >= 11 is 0. The molecule has 0 aromatic heterocycles. The summed E-state index contributed by atoms with van der Waals surface area (Å²) in [5, 5.41) is 0. The van der Waals surface area contributed by atoms with E-state index in [1.807, 2.05) is 0 Å². The zero-order valence-corrected chi connectivity index (χ0v) is 12.4. The number of hydrogen-bond acceptors (Lipinski definition) is 3. The van der Waals surface area contributed by atoms with Gasteiger partial charge in [0.05, 0.1) is 11.4 Å². The summed E-state index contributed by atoms with van der Waals surface area (Å²) in [7, 11) is 0. The molecule has 2 N–H and O–H groups in total. The Labute approximate surface area is 132 Å². The maximum absolute atomic E-state index is 13.7. The third kappa shape index (κ3) is 3.21. The number of para-hydroxylation sites is 1. The maximum Gasteiger partial charge on any atom is 0.422 e. The molecular formula is C17H17F3N2O. The molecule has 0 unspecified atom stereocenters. The molecule has 0 saturated carbocycles. The second-order valence-corrected chi connectivity index (χ2v) is 5.48. The van der Waals surface area contributed by atoms with Crippen LogP contribution in [0.2, 0.25) is 0 Å². The van der Waals surface area contributed by atoms with Gasteiger partial charge in [-0.1, -0.05) is 18.2 Å². The largest absolute Gasteiger partial charge is 0.457 e. The molecule has 0 spiro atoms. The van der Waals surface area contributed by atoms with Gasteiger partial charge in [-0.15, -0.1) is 0 Å². The minimum absolute atomic E-state index is 0.0310. The molecule has 1 heterocycles. The lowest BCUT2D eigenvalue weighted by atomic mass is 10.1. The van der Waals surface area contributed by atoms with Crippen molar-refractivity contribution < 1.29 is 17.9 Å². The van der Waals surface area contributed by atoms with Crippen molar-refractivity contribution in [3.63, 3.8) is 0 Å². The monoisotopic (exact) mass is 322 g/mol. The van der Waals surface area contributed by atoms with E-state index in [9.17, 15) is 13.2 Å². The highest BCUT2D eigenvalue weighted by molar-refractivity contribution is 5.76. The fourth-order valence-electron chi connectivity index (χ4n) is 2.84. The zero-order chi connectivity index (χ0) is 16.4. The molecule has 23 heavy (non-hydrogen) atoms. The van der Waals surface area contributed by atoms with Crippen molar-refractivity contribution in [1.82, 2.24) is 0 Å². The number of nitrogens with zero attached hydrogens (tertiary/aromatic N) is 1. The average molecular weight is 322 g/mol. The lowest BCUT2D eigenvalue weighted by Crippen LogP contribution is -2.24. The molecular weight excluding hydrogens is 305 g/mol. The molecule has 2 aromatic carbocycles. The van der Waals surface area contributed by atoms with E-state index in [1.165, 1.54) is 12.1 Å². The Morgan fingerprint density at radius 3 is 2.22 bits per heavy atom.